The number of rotatable bonds is 12. The molecule has 0 spiro atoms. The Labute approximate surface area is 726 Å². The second kappa shape index (κ2) is 34.0. The molecule has 0 radical (unpaired) electrons. The molecule has 12 atom stereocenters. The van der Waals surface area contributed by atoms with E-state index in [-0.39, 0.29) is 89.4 Å². The maximum atomic E-state index is 14.7. The van der Waals surface area contributed by atoms with Crippen molar-refractivity contribution in [2.45, 2.75) is 195 Å². The topological polar surface area (TPSA) is 152 Å². The van der Waals surface area contributed by atoms with Gasteiger partial charge in [-0.05, 0) is 347 Å². The molecule has 4 fully saturated rings. The molecule has 5 aromatic heterocycles. The summed E-state index contributed by atoms with van der Waals surface area (Å²) >= 11 is 1.63. The third kappa shape index (κ3) is 16.0. The van der Waals surface area contributed by atoms with Gasteiger partial charge in [0.1, 0.15) is 40.7 Å². The van der Waals surface area contributed by atoms with Crippen LogP contribution in [-0.2, 0) is 48.1 Å². The number of fused-ring (bicyclic) bond motifs is 8. The highest BCUT2D eigenvalue weighted by Crippen LogP contribution is 2.62. The number of allylic oxidation sites excluding steroid dienone is 4. The Balaban J connectivity index is 0.000000127. The zero-order valence-electron chi connectivity index (χ0n) is 70.1. The average molecular weight is 1700 g/mol. The normalized spacial score (nSPS) is 24.5. The van der Waals surface area contributed by atoms with Crippen molar-refractivity contribution < 1.29 is 51.2 Å². The zero-order chi connectivity index (χ0) is 85.6. The highest BCUT2D eigenvalue weighted by Gasteiger charge is 2.56. The first-order chi connectivity index (χ1) is 58.3. The fraction of sp³-hybridized carbons (Fsp3) is 0.365. The van der Waals surface area contributed by atoms with Crippen molar-refractivity contribution in [2.24, 2.45) is 45.3 Å². The van der Waals surface area contributed by atoms with E-state index in [0.29, 0.717) is 6.42 Å². The van der Waals surface area contributed by atoms with Gasteiger partial charge in [0.15, 0.2) is 0 Å². The van der Waals surface area contributed by atoms with E-state index in [9.17, 15) is 51.2 Å². The van der Waals surface area contributed by atoms with Crippen molar-refractivity contribution >= 4 is 35.6 Å². The van der Waals surface area contributed by atoms with E-state index in [4.69, 9.17) is 0 Å². The van der Waals surface area contributed by atoms with Gasteiger partial charge in [-0.2, -0.15) is 31.7 Å². The van der Waals surface area contributed by atoms with E-state index in [0.717, 1.165) is 176 Å². The Bertz CT molecular complexity index is 5980. The van der Waals surface area contributed by atoms with E-state index >= 15 is 0 Å². The first-order valence-electron chi connectivity index (χ1n) is 42.6. The molecule has 7 aromatic carbocycles. The summed E-state index contributed by atoms with van der Waals surface area (Å²) in [5, 5.41) is 69.0. The molecule has 2 unspecified atom stereocenters. The van der Waals surface area contributed by atoms with Gasteiger partial charge in [0.05, 0.1) is 92.7 Å². The molecule has 124 heavy (non-hydrogen) atoms. The standard InChI is InChI=1S/C26H25F3N2O.C26H26F2N2O.C26H27FN2O.C24H25FN2OS.2CH4/c1-25-14-16-15-30-31(20-9-6-18(27)7-10-20)23(16)12-17(25)4-3-5-24(25)26(2,32)21-11-8-19(28)13-22(21)29;1-25-15-17-16-29-30(22-12-10-21(28)11-13-22)23(17)14-19(25)4-3-5-24(25)26(2,31)18-6-8-20(27)9-7-18;1-25-16-18-17-28-29(22-13-11-21(27)12-14-22)23(18)15-20(25)9-6-10-24(25)26(2,30)19-7-4-3-5-8-19;1-23-13-16-14-26-27(20-8-6-19(25)7-9-20)21(16)12-17(23)4-3-5-22(23)24(2,28)18-10-11-29-15-18;;/h6-13,15,24,32H,3-5,14H2,1-2H3;6-14,16,24,31H,3-5,15H2,1-2H3;3-5,7-8,11-15,17,24,30H,6,9-10,16H2,1-2H3;6-12,14-15,22,28H,3-5,13H2,1-2H3;2*1H4/t2*24-,25-,26-;24-,25-,26?;22-,23-,24?;;/m0000../s1. The van der Waals surface area contributed by atoms with E-state index in [1.54, 1.807) is 78.9 Å². The summed E-state index contributed by atoms with van der Waals surface area (Å²) in [6, 6.07) is 47.2. The van der Waals surface area contributed by atoms with Crippen LogP contribution in [0.4, 0.5) is 30.7 Å². The number of hydrogen-bond acceptors (Lipinski definition) is 9. The van der Waals surface area contributed by atoms with Crippen molar-refractivity contribution in [3.8, 4) is 22.7 Å². The number of hydrogen-bond donors (Lipinski definition) is 4. The summed E-state index contributed by atoms with van der Waals surface area (Å²) in [6.07, 6.45) is 31.1. The fourth-order valence-corrected chi connectivity index (χ4v) is 23.5. The van der Waals surface area contributed by atoms with Gasteiger partial charge in [0, 0.05) is 35.3 Å². The summed E-state index contributed by atoms with van der Waals surface area (Å²) < 4.78 is 103. The summed E-state index contributed by atoms with van der Waals surface area (Å²) in [4.78, 5) is 0. The van der Waals surface area contributed by atoms with Crippen LogP contribution in [0.5, 0.6) is 0 Å². The number of aliphatic hydroxyl groups is 4. The molecule has 0 aliphatic heterocycles. The van der Waals surface area contributed by atoms with Gasteiger partial charge in [-0.25, -0.2) is 49.5 Å². The van der Waals surface area contributed by atoms with Crippen molar-refractivity contribution in [3.05, 3.63) is 342 Å². The molecule has 4 N–H and O–H groups in total. The Hall–Kier alpha value is -10.6. The highest BCUT2D eigenvalue weighted by molar-refractivity contribution is 7.08. The van der Waals surface area contributed by atoms with Crippen LogP contribution in [0.3, 0.4) is 0 Å². The zero-order valence-corrected chi connectivity index (χ0v) is 70.9. The lowest BCUT2D eigenvalue weighted by Crippen LogP contribution is -2.48. The fourth-order valence-electron chi connectivity index (χ4n) is 22.7. The number of halogens is 7. The Kier molecular flexibility index (Phi) is 24.2. The molecule has 8 aliphatic rings. The molecule has 4 saturated carbocycles. The molecule has 5 heterocycles. The quantitative estimate of drug-likeness (QED) is 0.0883. The molecule has 646 valence electrons. The molecule has 20 rings (SSSR count). The predicted molar refractivity (Wildman–Crippen MR) is 478 cm³/mol. The molecule has 12 aromatic rings. The minimum absolute atomic E-state index is 0. The molecule has 8 aliphatic carbocycles. The largest absolute Gasteiger partial charge is 0.385 e. The van der Waals surface area contributed by atoms with Crippen molar-refractivity contribution in [3.63, 3.8) is 0 Å². The monoisotopic (exact) mass is 1700 g/mol. The lowest BCUT2D eigenvalue weighted by Gasteiger charge is -2.51. The Morgan fingerprint density at radius 1 is 0.339 bits per heavy atom. The number of thiophene rings is 1. The molecule has 0 bridgehead atoms. The summed E-state index contributed by atoms with van der Waals surface area (Å²) in [5.41, 5.74) is 15.0. The van der Waals surface area contributed by atoms with E-state index in [1.807, 2.05) is 106 Å². The van der Waals surface area contributed by atoms with Crippen molar-refractivity contribution in [2.75, 3.05) is 0 Å². The molecular weight excluding hydrogens is 1590 g/mol. The third-order valence-corrected chi connectivity index (χ3v) is 29.8. The molecule has 0 saturated heterocycles. The summed E-state index contributed by atoms with van der Waals surface area (Å²) in [7, 11) is 0. The van der Waals surface area contributed by atoms with Crippen LogP contribution in [0.2, 0.25) is 0 Å². The lowest BCUT2D eigenvalue weighted by atomic mass is 9.54. The first-order valence-corrected chi connectivity index (χ1v) is 43.6. The summed E-state index contributed by atoms with van der Waals surface area (Å²) in [5.74, 6) is -2.74. The summed E-state index contributed by atoms with van der Waals surface area (Å²) in [6.45, 7) is 16.4. The third-order valence-electron chi connectivity index (χ3n) is 29.2. The minimum Gasteiger partial charge on any atom is -0.385 e. The van der Waals surface area contributed by atoms with Gasteiger partial charge >= 0.3 is 0 Å². The maximum Gasteiger partial charge on any atom is 0.132 e. The van der Waals surface area contributed by atoms with Crippen LogP contribution in [0.25, 0.3) is 47.1 Å². The van der Waals surface area contributed by atoms with Crippen LogP contribution < -0.4 is 0 Å². The number of aromatic nitrogens is 8. The second-order valence-electron chi connectivity index (χ2n) is 36.7. The van der Waals surface area contributed by atoms with Gasteiger partial charge in [-0.15, -0.1) is 0 Å². The van der Waals surface area contributed by atoms with E-state index in [1.165, 1.54) is 106 Å². The van der Waals surface area contributed by atoms with Crippen LogP contribution in [-0.4, -0.2) is 59.5 Å². The minimum atomic E-state index is -1.46. The van der Waals surface area contributed by atoms with Crippen LogP contribution in [0, 0.1) is 86.1 Å². The molecule has 0 amide bonds. The number of nitrogens with zero attached hydrogens (tertiary/aromatic N) is 8. The van der Waals surface area contributed by atoms with Gasteiger partial charge in [-0.3, -0.25) is 0 Å². The average Bonchev–Trinajstić information content (AvgIpc) is 1.38. The molecule has 20 heteroatoms. The van der Waals surface area contributed by atoms with Crippen LogP contribution in [0.15, 0.2) is 234 Å². The van der Waals surface area contributed by atoms with E-state index in [2.05, 4.69) is 77.8 Å². The van der Waals surface area contributed by atoms with Gasteiger partial charge < -0.3 is 20.4 Å². The Morgan fingerprint density at radius 2 is 0.613 bits per heavy atom. The Morgan fingerprint density at radius 3 is 0.903 bits per heavy atom. The first kappa shape index (κ1) is 88.3. The SMILES string of the molecule is C.C.CC(O)(c1ccccc1)[C@H]1CCCC2=Cc3c(cnn3-c3ccc(F)cc3)C[C@@]21C.CC(O)(c1ccsc1)[C@H]1CCCC2=Cc3c(cnn3-c3ccc(F)cc3)C[C@@]21C.C[C@]12Cc3cnn(-c4ccc(F)cc4)c3C=C1CCC[C@@H]2[C@@](C)(O)c1ccc(F)cc1.C[C@]12Cc3cnn(-c4ccc(F)cc4)c3C=C1CCC[C@@H]2[C@@](C)(O)c1ccc(F)cc1F. The van der Waals surface area contributed by atoms with Gasteiger partial charge in [0.2, 0.25) is 0 Å². The van der Waals surface area contributed by atoms with Crippen LogP contribution >= 0.6 is 11.3 Å². The number of benzene rings is 7. The molecular formula is C104H111F7N8O4S. The maximum absolute atomic E-state index is 14.7. The van der Waals surface area contributed by atoms with Gasteiger partial charge in [0.25, 0.3) is 0 Å². The van der Waals surface area contributed by atoms with Crippen molar-refractivity contribution in [1.29, 1.82) is 0 Å². The van der Waals surface area contributed by atoms with E-state index < -0.39 is 39.5 Å². The molecule has 12 nitrogen and oxygen atoms in total. The van der Waals surface area contributed by atoms with Crippen LogP contribution in [0.1, 0.15) is 215 Å². The smallest absolute Gasteiger partial charge is 0.132 e. The lowest BCUT2D eigenvalue weighted by molar-refractivity contribution is -0.0682. The predicted octanol–water partition coefficient (Wildman–Crippen LogP) is 24.4. The second-order valence-corrected chi connectivity index (χ2v) is 37.5. The van der Waals surface area contributed by atoms with Gasteiger partial charge in [-0.1, -0.05) is 113 Å². The highest BCUT2D eigenvalue weighted by atomic mass is 32.1. The van der Waals surface area contributed by atoms with Crippen molar-refractivity contribution in [1.82, 2.24) is 39.1 Å².